The van der Waals surface area contributed by atoms with E-state index in [1.165, 1.54) is 17.0 Å². The van der Waals surface area contributed by atoms with Gasteiger partial charge in [0.15, 0.2) is 5.75 Å². The highest BCUT2D eigenvalue weighted by molar-refractivity contribution is 5.99. The smallest absolute Gasteiger partial charge is 0.257 e. The molecule has 9 nitrogen and oxygen atoms in total. The summed E-state index contributed by atoms with van der Waals surface area (Å²) in [6, 6.07) is 7.92. The maximum atomic E-state index is 12.5. The van der Waals surface area contributed by atoms with Crippen molar-refractivity contribution in [2.75, 3.05) is 37.9 Å². The highest BCUT2D eigenvalue weighted by atomic mass is 16.5. The van der Waals surface area contributed by atoms with Gasteiger partial charge in [-0.15, -0.1) is 0 Å². The Kier molecular flexibility index (Phi) is 5.75. The van der Waals surface area contributed by atoms with Crippen LogP contribution in [0.5, 0.6) is 5.75 Å². The number of nitrogens with zero attached hydrogens (tertiary/aromatic N) is 1. The first kappa shape index (κ1) is 22.6. The van der Waals surface area contributed by atoms with E-state index in [-0.39, 0.29) is 45.7 Å². The average molecular weight is 453 g/mol. The van der Waals surface area contributed by atoms with Gasteiger partial charge in [-0.25, -0.2) is 0 Å². The van der Waals surface area contributed by atoms with Crippen LogP contribution < -0.4 is 21.5 Å². The largest absolute Gasteiger partial charge is 0.505 e. The number of carbonyl (C=O) groups excluding carboxylic acids is 1. The minimum Gasteiger partial charge on any atom is -0.505 e. The summed E-state index contributed by atoms with van der Waals surface area (Å²) in [5.74, 6) is 0.699. The van der Waals surface area contributed by atoms with E-state index >= 15 is 0 Å². The Bertz CT molecular complexity index is 1260. The van der Waals surface area contributed by atoms with Gasteiger partial charge in [0.1, 0.15) is 22.9 Å². The number of amides is 1. The Labute approximate surface area is 190 Å². The van der Waals surface area contributed by atoms with Crippen molar-refractivity contribution in [1.82, 2.24) is 4.90 Å². The molecule has 3 N–H and O–H groups in total. The number of ether oxygens (including phenoxy) is 1. The standard InChI is InChI=1S/C24H27N3O6/c1-5-24(11-32-12-24)22(16-10-9-13(2)33-16)26-18-17(20(29)21(18)30)25-15-8-6-7-14(19(15)28)23(31)27(3)4/h6-10,22,25-26,28H,5,11-12H2,1-4H3. The molecule has 174 valence electrons. The van der Waals surface area contributed by atoms with Crippen LogP contribution in [0.25, 0.3) is 0 Å². The molecule has 33 heavy (non-hydrogen) atoms. The molecule has 1 fully saturated rings. The molecule has 0 bridgehead atoms. The topological polar surface area (TPSA) is 121 Å². The maximum absolute atomic E-state index is 12.5. The molecule has 1 aliphatic rings. The van der Waals surface area contributed by atoms with Crippen LogP contribution in [0.4, 0.5) is 17.1 Å². The highest BCUT2D eigenvalue weighted by Crippen LogP contribution is 2.46. The van der Waals surface area contributed by atoms with Crippen molar-refractivity contribution in [3.8, 4) is 5.75 Å². The summed E-state index contributed by atoms with van der Waals surface area (Å²) in [4.78, 5) is 38.6. The third-order valence-electron chi connectivity index (χ3n) is 6.27. The molecule has 1 aliphatic heterocycles. The fourth-order valence-electron chi connectivity index (χ4n) is 4.06. The normalized spacial score (nSPS) is 15.6. The average Bonchev–Trinajstić information content (AvgIpc) is 3.20. The molecule has 1 unspecified atom stereocenters. The molecule has 2 aromatic carbocycles. The molecule has 2 heterocycles. The number of aromatic hydroxyl groups is 1. The number of phenolic OH excluding ortho intramolecular Hbond substituents is 1. The van der Waals surface area contributed by atoms with E-state index in [4.69, 9.17) is 9.15 Å². The second kappa shape index (κ2) is 8.40. The predicted octanol–water partition coefficient (Wildman–Crippen LogP) is 2.91. The number of nitrogens with one attached hydrogen (secondary N) is 2. The summed E-state index contributed by atoms with van der Waals surface area (Å²) in [5.41, 5.74) is -1.27. The first-order valence-corrected chi connectivity index (χ1v) is 10.7. The van der Waals surface area contributed by atoms with Crippen LogP contribution in [0, 0.1) is 12.3 Å². The number of carbonyl (C=O) groups is 1. The number of benzene rings is 1. The maximum Gasteiger partial charge on any atom is 0.257 e. The second-order valence-corrected chi connectivity index (χ2v) is 8.67. The lowest BCUT2D eigenvalue weighted by Crippen LogP contribution is -2.50. The van der Waals surface area contributed by atoms with Crippen LogP contribution in [0.1, 0.15) is 41.3 Å². The fraction of sp³-hybridized carbons (Fsp3) is 0.375. The van der Waals surface area contributed by atoms with Crippen molar-refractivity contribution < 1.29 is 19.1 Å². The molecule has 0 saturated carbocycles. The predicted molar refractivity (Wildman–Crippen MR) is 124 cm³/mol. The van der Waals surface area contributed by atoms with Gasteiger partial charge >= 0.3 is 0 Å². The lowest BCUT2D eigenvalue weighted by atomic mass is 9.74. The Morgan fingerprint density at radius 1 is 1.15 bits per heavy atom. The Hall–Kier alpha value is -3.59. The van der Waals surface area contributed by atoms with E-state index in [0.717, 1.165) is 12.2 Å². The summed E-state index contributed by atoms with van der Waals surface area (Å²) in [6.07, 6.45) is 0.776. The van der Waals surface area contributed by atoms with Gasteiger partial charge in [0.2, 0.25) is 0 Å². The fourth-order valence-corrected chi connectivity index (χ4v) is 4.06. The lowest BCUT2D eigenvalue weighted by molar-refractivity contribution is -0.128. The van der Waals surface area contributed by atoms with Gasteiger partial charge in [0.05, 0.1) is 30.5 Å². The van der Waals surface area contributed by atoms with E-state index in [9.17, 15) is 19.5 Å². The van der Waals surface area contributed by atoms with E-state index in [0.29, 0.717) is 19.0 Å². The molecular formula is C24H27N3O6. The number of hydrogen-bond acceptors (Lipinski definition) is 8. The van der Waals surface area contributed by atoms with E-state index < -0.39 is 10.9 Å². The SMILES string of the molecule is CCC1(C(Nc2c(Nc3cccc(C(=O)N(C)C)c3O)c(=O)c2=O)c2ccc(C)o2)COC1. The third kappa shape index (κ3) is 3.78. The molecule has 0 radical (unpaired) electrons. The first-order valence-electron chi connectivity index (χ1n) is 10.7. The van der Waals surface area contributed by atoms with Crippen LogP contribution in [0.2, 0.25) is 0 Å². The monoisotopic (exact) mass is 453 g/mol. The van der Waals surface area contributed by atoms with Crippen molar-refractivity contribution >= 4 is 23.0 Å². The van der Waals surface area contributed by atoms with Gasteiger partial charge in [-0.1, -0.05) is 13.0 Å². The van der Waals surface area contributed by atoms with Gasteiger partial charge in [-0.05, 0) is 37.6 Å². The van der Waals surface area contributed by atoms with Crippen molar-refractivity contribution in [3.05, 3.63) is 67.9 Å². The lowest BCUT2D eigenvalue weighted by Gasteiger charge is -2.46. The van der Waals surface area contributed by atoms with Crippen LogP contribution in [0.3, 0.4) is 0 Å². The summed E-state index contributed by atoms with van der Waals surface area (Å²) >= 11 is 0. The number of anilines is 3. The zero-order chi connectivity index (χ0) is 23.9. The van der Waals surface area contributed by atoms with E-state index in [2.05, 4.69) is 10.6 Å². The molecule has 9 heteroatoms. The van der Waals surface area contributed by atoms with Crippen LogP contribution in [0.15, 0.2) is 44.3 Å². The second-order valence-electron chi connectivity index (χ2n) is 8.67. The van der Waals surface area contributed by atoms with Crippen molar-refractivity contribution in [2.45, 2.75) is 26.3 Å². The van der Waals surface area contributed by atoms with Crippen LogP contribution in [-0.2, 0) is 4.74 Å². The van der Waals surface area contributed by atoms with Gasteiger partial charge in [-0.3, -0.25) is 14.4 Å². The van der Waals surface area contributed by atoms with Gasteiger partial charge in [-0.2, -0.15) is 0 Å². The number of hydrogen-bond donors (Lipinski definition) is 3. The molecule has 1 saturated heterocycles. The molecular weight excluding hydrogens is 426 g/mol. The number of furan rings is 1. The van der Waals surface area contributed by atoms with Crippen molar-refractivity contribution in [1.29, 1.82) is 0 Å². The molecule has 3 aromatic rings. The minimum absolute atomic E-state index is 0.0320. The van der Waals surface area contributed by atoms with Gasteiger partial charge in [0, 0.05) is 19.5 Å². The zero-order valence-corrected chi connectivity index (χ0v) is 19.0. The summed E-state index contributed by atoms with van der Waals surface area (Å²) < 4.78 is 11.3. The third-order valence-corrected chi connectivity index (χ3v) is 6.27. The Morgan fingerprint density at radius 3 is 2.39 bits per heavy atom. The number of rotatable bonds is 8. The first-order chi connectivity index (χ1) is 15.7. The highest BCUT2D eigenvalue weighted by Gasteiger charge is 2.47. The summed E-state index contributed by atoms with van der Waals surface area (Å²) in [7, 11) is 3.15. The zero-order valence-electron chi connectivity index (χ0n) is 19.0. The number of para-hydroxylation sites is 1. The Balaban J connectivity index is 1.68. The van der Waals surface area contributed by atoms with Gasteiger partial charge in [0.25, 0.3) is 16.8 Å². The van der Waals surface area contributed by atoms with Crippen molar-refractivity contribution in [2.24, 2.45) is 5.41 Å². The molecule has 1 atom stereocenters. The minimum atomic E-state index is -0.703. The molecule has 0 aliphatic carbocycles. The summed E-state index contributed by atoms with van der Waals surface area (Å²) in [5, 5.41) is 16.7. The molecule has 0 spiro atoms. The quantitative estimate of drug-likeness (QED) is 0.352. The van der Waals surface area contributed by atoms with E-state index in [1.54, 1.807) is 20.2 Å². The van der Waals surface area contributed by atoms with E-state index in [1.807, 2.05) is 26.0 Å². The summed E-state index contributed by atoms with van der Waals surface area (Å²) in [6.45, 7) is 4.87. The van der Waals surface area contributed by atoms with Gasteiger partial charge < -0.3 is 29.8 Å². The molecule has 4 rings (SSSR count). The molecule has 1 amide bonds. The van der Waals surface area contributed by atoms with Crippen LogP contribution >= 0.6 is 0 Å². The number of aryl methyl sites for hydroxylation is 1. The van der Waals surface area contributed by atoms with Crippen molar-refractivity contribution in [3.63, 3.8) is 0 Å². The Morgan fingerprint density at radius 2 is 1.85 bits per heavy atom. The number of phenols is 1. The molecule has 1 aromatic heterocycles. The van der Waals surface area contributed by atoms with Crippen LogP contribution in [-0.4, -0.2) is 43.2 Å².